The Kier molecular flexibility index (Phi) is 4.19. The summed E-state index contributed by atoms with van der Waals surface area (Å²) in [6.07, 6.45) is -1.69. The van der Waals surface area contributed by atoms with Gasteiger partial charge in [0, 0.05) is 0 Å². The number of halogens is 3. The fraction of sp³-hybridized carbons (Fsp3) is 0.500. The van der Waals surface area contributed by atoms with E-state index in [1.807, 2.05) is 0 Å². The van der Waals surface area contributed by atoms with Crippen molar-refractivity contribution in [1.82, 2.24) is 0 Å². The third-order valence-corrected chi connectivity index (χ3v) is 3.54. The van der Waals surface area contributed by atoms with Gasteiger partial charge in [-0.15, -0.1) is 0 Å². The zero-order valence-corrected chi connectivity index (χ0v) is 10.7. The van der Waals surface area contributed by atoms with Crippen LogP contribution in [-0.4, -0.2) is 17.3 Å². The van der Waals surface area contributed by atoms with E-state index >= 15 is 0 Å². The molecule has 0 aliphatic heterocycles. The molecule has 1 aliphatic rings. The van der Waals surface area contributed by atoms with Crippen LogP contribution in [0, 0.1) is 11.3 Å². The van der Waals surface area contributed by atoms with Crippen molar-refractivity contribution in [3.63, 3.8) is 0 Å². The molecular formula is C14H15F3N2O. The first-order chi connectivity index (χ1) is 9.41. The Morgan fingerprint density at radius 1 is 1.25 bits per heavy atom. The van der Waals surface area contributed by atoms with Crippen molar-refractivity contribution in [2.24, 2.45) is 0 Å². The first kappa shape index (κ1) is 14.7. The molecule has 3 nitrogen and oxygen atoms in total. The summed E-state index contributed by atoms with van der Waals surface area (Å²) in [6.45, 7) is 0. The Morgan fingerprint density at radius 2 is 1.95 bits per heavy atom. The molecule has 0 amide bonds. The lowest BCUT2D eigenvalue weighted by molar-refractivity contribution is -0.137. The number of hydrogen-bond acceptors (Lipinski definition) is 3. The highest BCUT2D eigenvalue weighted by atomic mass is 19.4. The smallest absolute Gasteiger partial charge is 0.391 e. The molecule has 0 saturated heterocycles. The first-order valence-corrected chi connectivity index (χ1v) is 6.48. The second-order valence-corrected chi connectivity index (χ2v) is 4.97. The standard InChI is InChI=1S/C14H15F3N2O/c15-14(16,17)10-5-6-11(9(7-10)8-18)19-12-3-1-2-4-13(12)20/h5-7,12-13,19-20H,1-4H2/t12-,13-/m1/s1. The Hall–Kier alpha value is -1.74. The molecule has 0 radical (unpaired) electrons. The number of aliphatic hydroxyl groups excluding tert-OH is 1. The molecular weight excluding hydrogens is 269 g/mol. The molecule has 108 valence electrons. The topological polar surface area (TPSA) is 56.0 Å². The van der Waals surface area contributed by atoms with Gasteiger partial charge in [0.25, 0.3) is 0 Å². The van der Waals surface area contributed by atoms with Gasteiger partial charge >= 0.3 is 6.18 Å². The second-order valence-electron chi connectivity index (χ2n) is 4.97. The van der Waals surface area contributed by atoms with Crippen molar-refractivity contribution >= 4 is 5.69 Å². The number of nitrogens with zero attached hydrogens (tertiary/aromatic N) is 1. The Morgan fingerprint density at radius 3 is 2.55 bits per heavy atom. The highest BCUT2D eigenvalue weighted by molar-refractivity contribution is 5.59. The number of nitriles is 1. The zero-order chi connectivity index (χ0) is 14.8. The molecule has 0 heterocycles. The highest BCUT2D eigenvalue weighted by Gasteiger charge is 2.31. The molecule has 0 bridgehead atoms. The Balaban J connectivity index is 2.22. The molecule has 0 unspecified atom stereocenters. The van der Waals surface area contributed by atoms with Crippen molar-refractivity contribution in [3.05, 3.63) is 29.3 Å². The van der Waals surface area contributed by atoms with E-state index in [9.17, 15) is 18.3 Å². The number of nitrogens with one attached hydrogen (secondary N) is 1. The Bertz CT molecular complexity index is 522. The third kappa shape index (κ3) is 3.23. The van der Waals surface area contributed by atoms with Crippen molar-refractivity contribution < 1.29 is 18.3 Å². The summed E-state index contributed by atoms with van der Waals surface area (Å²) in [7, 11) is 0. The van der Waals surface area contributed by atoms with Crippen LogP contribution in [0.15, 0.2) is 18.2 Å². The summed E-state index contributed by atoms with van der Waals surface area (Å²) in [5.74, 6) is 0. The minimum Gasteiger partial charge on any atom is -0.391 e. The minimum atomic E-state index is -4.46. The van der Waals surface area contributed by atoms with Gasteiger partial charge in [-0.3, -0.25) is 0 Å². The molecule has 1 aromatic carbocycles. The van der Waals surface area contributed by atoms with Crippen LogP contribution in [0.2, 0.25) is 0 Å². The molecule has 2 atom stereocenters. The quantitative estimate of drug-likeness (QED) is 0.876. The maximum absolute atomic E-state index is 12.6. The lowest BCUT2D eigenvalue weighted by atomic mass is 9.92. The third-order valence-electron chi connectivity index (χ3n) is 3.54. The molecule has 2 N–H and O–H groups in total. The normalized spacial score (nSPS) is 23.1. The van der Waals surface area contributed by atoms with Gasteiger partial charge < -0.3 is 10.4 Å². The summed E-state index contributed by atoms with van der Waals surface area (Å²) in [5.41, 5.74) is -0.562. The summed E-state index contributed by atoms with van der Waals surface area (Å²) in [4.78, 5) is 0. The van der Waals surface area contributed by atoms with Gasteiger partial charge in [0.15, 0.2) is 0 Å². The molecule has 20 heavy (non-hydrogen) atoms. The molecule has 1 aromatic rings. The summed E-state index contributed by atoms with van der Waals surface area (Å²) < 4.78 is 37.8. The summed E-state index contributed by atoms with van der Waals surface area (Å²) in [6, 6.07) is 4.58. The van der Waals surface area contributed by atoms with E-state index in [-0.39, 0.29) is 11.6 Å². The lowest BCUT2D eigenvalue weighted by Gasteiger charge is -2.29. The van der Waals surface area contributed by atoms with E-state index in [1.165, 1.54) is 6.07 Å². The van der Waals surface area contributed by atoms with E-state index in [0.717, 1.165) is 31.4 Å². The van der Waals surface area contributed by atoms with E-state index in [4.69, 9.17) is 5.26 Å². The summed E-state index contributed by atoms with van der Waals surface area (Å²) >= 11 is 0. The van der Waals surface area contributed by atoms with Crippen LogP contribution in [0.25, 0.3) is 0 Å². The number of anilines is 1. The van der Waals surface area contributed by atoms with E-state index in [1.54, 1.807) is 6.07 Å². The SMILES string of the molecule is N#Cc1cc(C(F)(F)F)ccc1N[C@@H]1CCCC[C@H]1O. The zero-order valence-electron chi connectivity index (χ0n) is 10.7. The molecule has 1 fully saturated rings. The monoisotopic (exact) mass is 284 g/mol. The average molecular weight is 284 g/mol. The van der Waals surface area contributed by atoms with Crippen molar-refractivity contribution in [1.29, 1.82) is 5.26 Å². The molecule has 0 aromatic heterocycles. The van der Waals surface area contributed by atoms with Crippen LogP contribution in [0.1, 0.15) is 36.8 Å². The molecule has 1 aliphatic carbocycles. The average Bonchev–Trinajstić information content (AvgIpc) is 2.40. The Labute approximate surface area is 115 Å². The van der Waals surface area contributed by atoms with Crippen molar-refractivity contribution in [2.75, 3.05) is 5.32 Å². The van der Waals surface area contributed by atoms with Gasteiger partial charge in [-0.1, -0.05) is 12.8 Å². The van der Waals surface area contributed by atoms with E-state index in [2.05, 4.69) is 5.32 Å². The number of benzene rings is 1. The maximum atomic E-state index is 12.6. The van der Waals surface area contributed by atoms with Gasteiger partial charge in [0.2, 0.25) is 0 Å². The fourth-order valence-corrected chi connectivity index (χ4v) is 2.42. The molecule has 0 spiro atoms. The highest BCUT2D eigenvalue weighted by Crippen LogP contribution is 2.32. The number of rotatable bonds is 2. The molecule has 1 saturated carbocycles. The van der Waals surface area contributed by atoms with Gasteiger partial charge in [-0.05, 0) is 31.0 Å². The van der Waals surface area contributed by atoms with Gasteiger partial charge in [-0.2, -0.15) is 18.4 Å². The van der Waals surface area contributed by atoms with Crippen LogP contribution >= 0.6 is 0 Å². The van der Waals surface area contributed by atoms with Crippen LogP contribution in [0.3, 0.4) is 0 Å². The van der Waals surface area contributed by atoms with Crippen LogP contribution in [0.4, 0.5) is 18.9 Å². The second kappa shape index (κ2) is 5.71. The number of alkyl halides is 3. The number of aliphatic hydroxyl groups is 1. The van der Waals surface area contributed by atoms with Gasteiger partial charge in [0.1, 0.15) is 6.07 Å². The van der Waals surface area contributed by atoms with Crippen LogP contribution in [-0.2, 0) is 6.18 Å². The predicted octanol–water partition coefficient (Wildman–Crippen LogP) is 3.29. The van der Waals surface area contributed by atoms with Crippen molar-refractivity contribution in [2.45, 2.75) is 44.0 Å². The lowest BCUT2D eigenvalue weighted by Crippen LogP contribution is -2.36. The summed E-state index contributed by atoms with van der Waals surface area (Å²) in [5, 5.41) is 21.8. The van der Waals surface area contributed by atoms with Gasteiger partial charge in [-0.25, -0.2) is 0 Å². The largest absolute Gasteiger partial charge is 0.416 e. The van der Waals surface area contributed by atoms with E-state index < -0.39 is 17.8 Å². The predicted molar refractivity (Wildman–Crippen MR) is 68.0 cm³/mol. The number of hydrogen-bond donors (Lipinski definition) is 2. The fourth-order valence-electron chi connectivity index (χ4n) is 2.42. The minimum absolute atomic E-state index is 0.0578. The van der Waals surface area contributed by atoms with Crippen LogP contribution < -0.4 is 5.32 Å². The first-order valence-electron chi connectivity index (χ1n) is 6.48. The van der Waals surface area contributed by atoms with Crippen molar-refractivity contribution in [3.8, 4) is 6.07 Å². The van der Waals surface area contributed by atoms with Gasteiger partial charge in [0.05, 0.1) is 29.0 Å². The van der Waals surface area contributed by atoms with Crippen LogP contribution in [0.5, 0.6) is 0 Å². The van der Waals surface area contributed by atoms with E-state index in [0.29, 0.717) is 12.1 Å². The molecule has 6 heteroatoms. The maximum Gasteiger partial charge on any atom is 0.416 e. The molecule has 2 rings (SSSR count).